The summed E-state index contributed by atoms with van der Waals surface area (Å²) in [5, 5.41) is 9.09. The van der Waals surface area contributed by atoms with Crippen molar-refractivity contribution in [3.05, 3.63) is 35.1 Å². The number of carboxylic acid groups (broad SMARTS) is 1. The van der Waals surface area contributed by atoms with Gasteiger partial charge in [0.25, 0.3) is 0 Å². The number of carboxylic acids is 1. The number of benzene rings is 1. The molecule has 3 aliphatic rings. The fourth-order valence-corrected chi connectivity index (χ4v) is 2.98. The molecule has 0 aromatic heterocycles. The molecule has 0 radical (unpaired) electrons. The van der Waals surface area contributed by atoms with Crippen LogP contribution in [-0.2, 0) is 14.9 Å². The summed E-state index contributed by atoms with van der Waals surface area (Å²) in [7, 11) is 0. The number of halogens is 3. The lowest BCUT2D eigenvalue weighted by Crippen LogP contribution is -2.52. The smallest absolute Gasteiger partial charge is 0.310 e. The van der Waals surface area contributed by atoms with Crippen molar-refractivity contribution < 1.29 is 27.8 Å². The van der Waals surface area contributed by atoms with Crippen LogP contribution in [0, 0.1) is 23.4 Å². The largest absolute Gasteiger partial charge is 0.481 e. The van der Waals surface area contributed by atoms with Crippen molar-refractivity contribution in [1.82, 2.24) is 0 Å². The van der Waals surface area contributed by atoms with E-state index in [0.29, 0.717) is 6.42 Å². The van der Waals surface area contributed by atoms with Crippen LogP contribution < -0.4 is 0 Å². The van der Waals surface area contributed by atoms with Crippen molar-refractivity contribution in [3.8, 4) is 0 Å². The van der Waals surface area contributed by atoms with E-state index >= 15 is 0 Å². The average Bonchev–Trinajstić information content (AvgIpc) is 2.83. The third-order valence-electron chi connectivity index (χ3n) is 3.91. The summed E-state index contributed by atoms with van der Waals surface area (Å²) in [6.45, 7) is 0.0964. The predicted octanol–water partition coefficient (Wildman–Crippen LogP) is 1.84. The van der Waals surface area contributed by atoms with Crippen LogP contribution in [0.15, 0.2) is 12.1 Å². The number of carbonyl (C=O) groups is 1. The number of fused-ring (bicyclic) bond motifs is 1. The average molecular weight is 258 g/mol. The predicted molar refractivity (Wildman–Crippen MR) is 53.5 cm³/mol. The zero-order valence-electron chi connectivity index (χ0n) is 9.12. The molecule has 96 valence electrons. The van der Waals surface area contributed by atoms with E-state index in [2.05, 4.69) is 0 Å². The van der Waals surface area contributed by atoms with Crippen LogP contribution in [0.5, 0.6) is 0 Å². The van der Waals surface area contributed by atoms with Gasteiger partial charge in [-0.1, -0.05) is 0 Å². The fraction of sp³-hybridized carbons (Fsp3) is 0.417. The highest BCUT2D eigenvalue weighted by molar-refractivity contribution is 5.76. The first-order chi connectivity index (χ1) is 8.45. The van der Waals surface area contributed by atoms with Crippen molar-refractivity contribution in [3.63, 3.8) is 0 Å². The van der Waals surface area contributed by atoms with Crippen LogP contribution in [0.4, 0.5) is 13.2 Å². The van der Waals surface area contributed by atoms with Crippen LogP contribution >= 0.6 is 0 Å². The Balaban J connectivity index is 2.08. The monoisotopic (exact) mass is 258 g/mol. The molecule has 18 heavy (non-hydrogen) atoms. The molecule has 0 amide bonds. The lowest BCUT2D eigenvalue weighted by Gasteiger charge is -2.42. The molecule has 3 nitrogen and oxygen atoms in total. The lowest BCUT2D eigenvalue weighted by atomic mass is 9.57. The highest BCUT2D eigenvalue weighted by atomic mass is 19.2. The van der Waals surface area contributed by atoms with Crippen molar-refractivity contribution in [2.24, 2.45) is 5.92 Å². The van der Waals surface area contributed by atoms with E-state index in [9.17, 15) is 18.0 Å². The number of hydrogen-bond donors (Lipinski definition) is 1. The lowest BCUT2D eigenvalue weighted by molar-refractivity contribution is -0.150. The first-order valence-corrected chi connectivity index (χ1v) is 5.45. The molecule has 4 rings (SSSR count). The van der Waals surface area contributed by atoms with Gasteiger partial charge in [0.2, 0.25) is 0 Å². The van der Waals surface area contributed by atoms with E-state index in [-0.39, 0.29) is 12.2 Å². The zero-order valence-corrected chi connectivity index (χ0v) is 9.12. The van der Waals surface area contributed by atoms with E-state index in [1.54, 1.807) is 0 Å². The molecule has 1 N–H and O–H groups in total. The van der Waals surface area contributed by atoms with Gasteiger partial charge < -0.3 is 9.84 Å². The molecular formula is C12H9F3O3. The maximum absolute atomic E-state index is 13.2. The van der Waals surface area contributed by atoms with Crippen LogP contribution in [0.25, 0.3) is 0 Å². The van der Waals surface area contributed by atoms with Crippen LogP contribution in [-0.4, -0.2) is 23.8 Å². The number of hydrogen-bond acceptors (Lipinski definition) is 2. The maximum Gasteiger partial charge on any atom is 0.310 e. The molecule has 3 unspecified atom stereocenters. The van der Waals surface area contributed by atoms with Crippen molar-refractivity contribution in [2.45, 2.75) is 17.9 Å². The normalized spacial score (nSPS) is 33.3. The minimum Gasteiger partial charge on any atom is -0.481 e. The standard InChI is InChI=1S/C12H9F3O3/c13-6-1-5(2-7(14)10(6)15)12-3-8(18-4-12)9(12)11(16)17/h1-2,8-9H,3-4H2,(H,16,17). The highest BCUT2D eigenvalue weighted by Gasteiger charge is 2.65. The van der Waals surface area contributed by atoms with Gasteiger partial charge >= 0.3 is 5.97 Å². The second kappa shape index (κ2) is 3.47. The van der Waals surface area contributed by atoms with Crippen LogP contribution in [0.2, 0.25) is 0 Å². The fourth-order valence-electron chi connectivity index (χ4n) is 2.98. The summed E-state index contributed by atoms with van der Waals surface area (Å²) in [4.78, 5) is 11.1. The van der Waals surface area contributed by atoms with Crippen molar-refractivity contribution >= 4 is 5.97 Å². The molecule has 1 aromatic carbocycles. The maximum atomic E-state index is 13.2. The zero-order chi connectivity index (χ0) is 13.1. The van der Waals surface area contributed by atoms with Gasteiger partial charge in [-0.25, -0.2) is 13.2 Å². The Bertz CT molecular complexity index is 518. The van der Waals surface area contributed by atoms with Crippen molar-refractivity contribution in [1.29, 1.82) is 0 Å². The van der Waals surface area contributed by atoms with E-state index in [4.69, 9.17) is 9.84 Å². The molecule has 2 heterocycles. The molecular weight excluding hydrogens is 249 g/mol. The summed E-state index contributed by atoms with van der Waals surface area (Å²) in [6.07, 6.45) is -0.0206. The first-order valence-electron chi connectivity index (χ1n) is 5.45. The minimum atomic E-state index is -1.54. The van der Waals surface area contributed by atoms with E-state index in [0.717, 1.165) is 12.1 Å². The first kappa shape index (κ1) is 11.5. The van der Waals surface area contributed by atoms with Crippen LogP contribution in [0.1, 0.15) is 12.0 Å². The summed E-state index contributed by atoms with van der Waals surface area (Å²) in [5.74, 6) is -6.04. The topological polar surface area (TPSA) is 46.5 Å². The molecule has 0 spiro atoms. The second-order valence-electron chi connectivity index (χ2n) is 4.78. The third-order valence-corrected chi connectivity index (χ3v) is 3.91. The Hall–Kier alpha value is -1.56. The van der Waals surface area contributed by atoms with E-state index in [1.807, 2.05) is 0 Å². The second-order valence-corrected chi connectivity index (χ2v) is 4.78. The number of aliphatic carboxylic acids is 1. The number of ether oxygens (including phenoxy) is 1. The minimum absolute atomic E-state index is 0.0964. The van der Waals surface area contributed by atoms with Gasteiger partial charge in [0.15, 0.2) is 17.5 Å². The third kappa shape index (κ3) is 1.26. The molecule has 2 saturated heterocycles. The molecule has 2 aliphatic heterocycles. The van der Waals surface area contributed by atoms with Gasteiger partial charge in [0, 0.05) is 5.41 Å². The molecule has 1 saturated carbocycles. The summed E-state index contributed by atoms with van der Waals surface area (Å²) in [5.41, 5.74) is -0.772. The highest BCUT2D eigenvalue weighted by Crippen LogP contribution is 2.56. The Morgan fingerprint density at radius 2 is 1.94 bits per heavy atom. The van der Waals surface area contributed by atoms with E-state index in [1.165, 1.54) is 0 Å². The van der Waals surface area contributed by atoms with Gasteiger partial charge in [-0.05, 0) is 24.1 Å². The van der Waals surface area contributed by atoms with Crippen molar-refractivity contribution in [2.75, 3.05) is 6.61 Å². The molecule has 6 heteroatoms. The summed E-state index contributed by atoms with van der Waals surface area (Å²) < 4.78 is 44.6. The van der Waals surface area contributed by atoms with Gasteiger partial charge in [0.1, 0.15) is 0 Å². The Morgan fingerprint density at radius 3 is 2.44 bits per heavy atom. The Labute approximate surface area is 100 Å². The Kier molecular flexibility index (Phi) is 2.22. The molecule has 3 fully saturated rings. The van der Waals surface area contributed by atoms with Gasteiger partial charge in [0.05, 0.1) is 18.6 Å². The quantitative estimate of drug-likeness (QED) is 0.823. The summed E-state index contributed by atoms with van der Waals surface area (Å²) >= 11 is 0. The van der Waals surface area contributed by atoms with Gasteiger partial charge in [-0.15, -0.1) is 0 Å². The SMILES string of the molecule is O=C(O)C1C2CC1(c1cc(F)c(F)c(F)c1)CO2. The van der Waals surface area contributed by atoms with Crippen LogP contribution in [0.3, 0.4) is 0 Å². The van der Waals surface area contributed by atoms with Gasteiger partial charge in [-0.2, -0.15) is 0 Å². The molecule has 3 atom stereocenters. The van der Waals surface area contributed by atoms with Gasteiger partial charge in [-0.3, -0.25) is 4.79 Å². The Morgan fingerprint density at radius 1 is 1.33 bits per heavy atom. The molecule has 1 aromatic rings. The number of rotatable bonds is 2. The van der Waals surface area contributed by atoms with E-state index < -0.39 is 40.9 Å². The summed E-state index contributed by atoms with van der Waals surface area (Å²) in [6, 6.07) is 1.72. The molecule has 1 aliphatic carbocycles. The molecule has 2 bridgehead atoms.